The number of thiocyanates is 1. The minimum atomic E-state index is -0.622. The van der Waals surface area contributed by atoms with E-state index >= 15 is 0 Å². The number of nitrogens with one attached hydrogen (secondary N) is 1. The predicted molar refractivity (Wildman–Crippen MR) is 104 cm³/mol. The van der Waals surface area contributed by atoms with Crippen LogP contribution in [0.1, 0.15) is 16.7 Å². The number of ether oxygens (including phenoxy) is 2. The number of nitriles is 1. The summed E-state index contributed by atoms with van der Waals surface area (Å²) in [6.45, 7) is 5.02. The highest BCUT2D eigenvalue weighted by atomic mass is 32.2. The lowest BCUT2D eigenvalue weighted by Gasteiger charge is -2.11. The van der Waals surface area contributed by atoms with Crippen molar-refractivity contribution in [1.82, 2.24) is 0 Å². The first-order chi connectivity index (χ1) is 12.9. The van der Waals surface area contributed by atoms with Gasteiger partial charge in [0.2, 0.25) is 0 Å². The van der Waals surface area contributed by atoms with E-state index in [1.54, 1.807) is 24.3 Å². The molecule has 27 heavy (non-hydrogen) atoms. The van der Waals surface area contributed by atoms with Gasteiger partial charge in [-0.15, -0.1) is 0 Å². The van der Waals surface area contributed by atoms with Crippen LogP contribution in [0.3, 0.4) is 0 Å². The van der Waals surface area contributed by atoms with E-state index in [1.165, 1.54) is 0 Å². The SMILES string of the molecule is Cc1cc(SC#N)ccc1NC(=O)COC(=O)COc1cccc(C)c1C. The van der Waals surface area contributed by atoms with E-state index in [0.29, 0.717) is 11.4 Å². The summed E-state index contributed by atoms with van der Waals surface area (Å²) in [6.07, 6.45) is 0. The van der Waals surface area contributed by atoms with Crippen molar-refractivity contribution in [1.29, 1.82) is 5.26 Å². The first-order valence-corrected chi connectivity index (χ1v) is 9.03. The van der Waals surface area contributed by atoms with Crippen LogP contribution in [0, 0.1) is 31.4 Å². The molecule has 6 nitrogen and oxygen atoms in total. The number of aryl methyl sites for hydroxylation is 2. The number of hydrogen-bond acceptors (Lipinski definition) is 6. The van der Waals surface area contributed by atoms with Crippen molar-refractivity contribution >= 4 is 29.3 Å². The largest absolute Gasteiger partial charge is 0.482 e. The summed E-state index contributed by atoms with van der Waals surface area (Å²) in [5, 5.41) is 13.3. The Morgan fingerprint density at radius 3 is 2.59 bits per heavy atom. The summed E-state index contributed by atoms with van der Waals surface area (Å²) in [6, 6.07) is 10.8. The molecule has 0 atom stereocenters. The van der Waals surface area contributed by atoms with Crippen molar-refractivity contribution in [2.45, 2.75) is 25.7 Å². The van der Waals surface area contributed by atoms with E-state index in [0.717, 1.165) is 33.3 Å². The van der Waals surface area contributed by atoms with Crippen molar-refractivity contribution in [3.05, 3.63) is 53.1 Å². The van der Waals surface area contributed by atoms with Crippen molar-refractivity contribution in [3.8, 4) is 11.2 Å². The molecule has 0 unspecified atom stereocenters. The average molecular weight is 384 g/mol. The number of amides is 1. The Kier molecular flexibility index (Phi) is 7.26. The highest BCUT2D eigenvalue weighted by molar-refractivity contribution is 8.03. The smallest absolute Gasteiger partial charge is 0.344 e. The van der Waals surface area contributed by atoms with E-state index in [9.17, 15) is 9.59 Å². The molecular weight excluding hydrogens is 364 g/mol. The van der Waals surface area contributed by atoms with Crippen molar-refractivity contribution in [2.75, 3.05) is 18.5 Å². The Morgan fingerprint density at radius 1 is 1.11 bits per heavy atom. The zero-order valence-electron chi connectivity index (χ0n) is 15.4. The minimum absolute atomic E-state index is 0.267. The van der Waals surface area contributed by atoms with Gasteiger partial charge in [0.15, 0.2) is 13.2 Å². The van der Waals surface area contributed by atoms with Gasteiger partial charge in [-0.25, -0.2) is 4.79 Å². The third kappa shape index (κ3) is 6.04. The maximum Gasteiger partial charge on any atom is 0.344 e. The quantitative estimate of drug-likeness (QED) is 0.444. The molecule has 0 aromatic heterocycles. The van der Waals surface area contributed by atoms with Crippen LogP contribution in [0.15, 0.2) is 41.3 Å². The summed E-state index contributed by atoms with van der Waals surface area (Å²) in [7, 11) is 0. The average Bonchev–Trinajstić information content (AvgIpc) is 2.64. The van der Waals surface area contributed by atoms with Gasteiger partial charge in [-0.1, -0.05) is 12.1 Å². The lowest BCUT2D eigenvalue weighted by molar-refractivity contribution is -0.149. The van der Waals surface area contributed by atoms with Crippen molar-refractivity contribution in [3.63, 3.8) is 0 Å². The second kappa shape index (κ2) is 9.64. The maximum atomic E-state index is 12.0. The van der Waals surface area contributed by atoms with E-state index in [2.05, 4.69) is 5.32 Å². The first-order valence-electron chi connectivity index (χ1n) is 8.21. The van der Waals surface area contributed by atoms with Crippen LogP contribution >= 0.6 is 11.8 Å². The Balaban J connectivity index is 1.80. The third-order valence-corrected chi connectivity index (χ3v) is 4.48. The summed E-state index contributed by atoms with van der Waals surface area (Å²) in [5.74, 6) is -0.454. The van der Waals surface area contributed by atoms with Gasteiger partial charge >= 0.3 is 5.97 Å². The Morgan fingerprint density at radius 2 is 1.89 bits per heavy atom. The molecule has 0 aliphatic heterocycles. The molecule has 0 saturated carbocycles. The zero-order valence-corrected chi connectivity index (χ0v) is 16.2. The molecule has 0 aliphatic rings. The molecule has 140 valence electrons. The maximum absolute atomic E-state index is 12.0. The molecule has 0 bridgehead atoms. The molecular formula is C20H20N2O4S. The lowest BCUT2D eigenvalue weighted by Crippen LogP contribution is -2.24. The summed E-state index contributed by atoms with van der Waals surface area (Å²) >= 11 is 1.05. The number of thioether (sulfide) groups is 1. The molecule has 7 heteroatoms. The van der Waals surface area contributed by atoms with Crippen LogP contribution in [0.2, 0.25) is 0 Å². The highest BCUT2D eigenvalue weighted by Gasteiger charge is 2.11. The van der Waals surface area contributed by atoms with Crippen LogP contribution in [0.5, 0.6) is 5.75 Å². The van der Waals surface area contributed by atoms with Crippen LogP contribution < -0.4 is 10.1 Å². The van der Waals surface area contributed by atoms with E-state index in [-0.39, 0.29) is 6.61 Å². The number of carbonyl (C=O) groups excluding carboxylic acids is 2. The summed E-state index contributed by atoms with van der Waals surface area (Å²) < 4.78 is 10.4. The summed E-state index contributed by atoms with van der Waals surface area (Å²) in [5.41, 5.74) is 3.43. The molecule has 0 spiro atoms. The fourth-order valence-electron chi connectivity index (χ4n) is 2.28. The fourth-order valence-corrected chi connectivity index (χ4v) is 2.76. The molecule has 0 aliphatic carbocycles. The normalized spacial score (nSPS) is 10.0. The van der Waals surface area contributed by atoms with Crippen LogP contribution in [-0.4, -0.2) is 25.1 Å². The molecule has 0 fully saturated rings. The van der Waals surface area contributed by atoms with Gasteiger partial charge in [0.05, 0.1) is 0 Å². The van der Waals surface area contributed by atoms with Crippen LogP contribution in [-0.2, 0) is 14.3 Å². The van der Waals surface area contributed by atoms with Gasteiger partial charge in [-0.2, -0.15) is 5.26 Å². The number of anilines is 1. The van der Waals surface area contributed by atoms with Gasteiger partial charge in [0, 0.05) is 10.6 Å². The molecule has 1 amide bonds. The van der Waals surface area contributed by atoms with Gasteiger partial charge in [-0.3, -0.25) is 4.79 Å². The molecule has 2 rings (SSSR count). The minimum Gasteiger partial charge on any atom is -0.482 e. The third-order valence-electron chi connectivity index (χ3n) is 3.90. The Hall–Kier alpha value is -2.98. The number of carbonyl (C=O) groups is 2. The molecule has 0 heterocycles. The highest BCUT2D eigenvalue weighted by Crippen LogP contribution is 2.23. The first kappa shape index (κ1) is 20.3. The molecule has 0 radical (unpaired) electrons. The van der Waals surface area contributed by atoms with Gasteiger partial charge in [-0.05, 0) is 73.5 Å². The van der Waals surface area contributed by atoms with E-state index in [1.807, 2.05) is 38.3 Å². The summed E-state index contributed by atoms with van der Waals surface area (Å²) in [4.78, 5) is 24.6. The van der Waals surface area contributed by atoms with Crippen molar-refractivity contribution in [2.24, 2.45) is 0 Å². The monoisotopic (exact) mass is 384 g/mol. The topological polar surface area (TPSA) is 88.4 Å². The molecule has 2 aromatic rings. The van der Waals surface area contributed by atoms with Crippen LogP contribution in [0.4, 0.5) is 5.69 Å². The Labute approximate surface area is 162 Å². The second-order valence-electron chi connectivity index (χ2n) is 5.87. The fraction of sp³-hybridized carbons (Fsp3) is 0.250. The number of nitrogens with zero attached hydrogens (tertiary/aromatic N) is 1. The zero-order chi connectivity index (χ0) is 19.8. The van der Waals surface area contributed by atoms with E-state index < -0.39 is 18.5 Å². The number of rotatable bonds is 7. The van der Waals surface area contributed by atoms with Gasteiger partial charge in [0.1, 0.15) is 11.2 Å². The molecule has 0 saturated heterocycles. The van der Waals surface area contributed by atoms with E-state index in [4.69, 9.17) is 14.7 Å². The lowest BCUT2D eigenvalue weighted by atomic mass is 10.1. The number of benzene rings is 2. The van der Waals surface area contributed by atoms with Gasteiger partial charge < -0.3 is 14.8 Å². The van der Waals surface area contributed by atoms with Crippen LogP contribution in [0.25, 0.3) is 0 Å². The Bertz CT molecular complexity index is 890. The molecule has 2 aromatic carbocycles. The second-order valence-corrected chi connectivity index (χ2v) is 6.72. The van der Waals surface area contributed by atoms with Crippen molar-refractivity contribution < 1.29 is 19.1 Å². The number of hydrogen-bond donors (Lipinski definition) is 1. The standard InChI is InChI=1S/C20H20N2O4S/c1-13-5-4-6-18(15(13)3)25-11-20(24)26-10-19(23)22-17-8-7-16(27-12-21)9-14(17)2/h4-9H,10-11H2,1-3H3,(H,22,23). The van der Waals surface area contributed by atoms with Gasteiger partial charge in [0.25, 0.3) is 5.91 Å². The number of esters is 1. The predicted octanol–water partition coefficient (Wildman–Crippen LogP) is 3.75. The molecule has 1 N–H and O–H groups in total.